The number of carbonyl (C=O) groups is 11. The number of aromatic amines is 1. The molecule has 0 aliphatic carbocycles. The van der Waals surface area contributed by atoms with Gasteiger partial charge in [0, 0.05) is 79.6 Å². The fourth-order valence-electron chi connectivity index (χ4n) is 12.4. The molecule has 1 aliphatic heterocycles. The maximum absolute atomic E-state index is 16.3. The number of likely N-dealkylation sites (tertiary alicyclic amines) is 1. The molecular weight excluding hydrogens is 1420 g/mol. The van der Waals surface area contributed by atoms with Crippen LogP contribution >= 0.6 is 23.2 Å². The normalized spacial score (nSPS) is 15.4. The van der Waals surface area contributed by atoms with Crippen LogP contribution in [-0.4, -0.2) is 206 Å². The Balaban J connectivity index is 1.41. The number of carboxylic acid groups (broad SMARTS) is 1. The lowest BCUT2D eigenvalue weighted by Crippen LogP contribution is -2.71. The summed E-state index contributed by atoms with van der Waals surface area (Å²) < 4.78 is 0. The number of fused-ring (bicyclic) bond motifs is 1. The monoisotopic (exact) mass is 1520 g/mol. The smallest absolute Gasteiger partial charge is 0.337 e. The van der Waals surface area contributed by atoms with Gasteiger partial charge in [-0.3, -0.25) is 62.8 Å². The highest BCUT2D eigenvalue weighted by atomic mass is 35.5. The number of halogens is 2. The van der Waals surface area contributed by atoms with Crippen LogP contribution in [0.2, 0.25) is 10.0 Å². The van der Waals surface area contributed by atoms with E-state index in [1.165, 1.54) is 48.5 Å². The number of aliphatic imine (C=N–C) groups is 2. The Morgan fingerprint density at radius 2 is 1.17 bits per heavy atom. The Kier molecular flexibility index (Phi) is 33.3. The molecule has 2 heterocycles. The average molecular weight is 1520 g/mol. The summed E-state index contributed by atoms with van der Waals surface area (Å²) in [7, 11) is 0. The van der Waals surface area contributed by atoms with Crippen LogP contribution < -0.4 is 65.5 Å². The number of nitrogens with two attached hydrogens (primary N) is 4. The molecule has 1 aliphatic rings. The first-order valence-electron chi connectivity index (χ1n) is 35.7. The standard InChI is InChI=1S/C74H101Cl2N17O14/c1-7-81-73(82-8-2)84-32-12-11-16-52(77)63(98)88-57(35-42(3)4)65(100)87-55(18-13-33-83-72(79)80)68(103)92-34-14-19-61(92)70(105)93(74(6,71(106)107)62(97)56(86-43(5)95)37-45-22-28-49(76)29-23-45)69(104)59(38-46-24-30-50(96)31-25-46)90-67(102)60(41-94)91-66(101)58(39-47-40-85-54-17-10-9-15-51(47)54)89-64(99)53(78)36-44-20-26-48(75)27-21-44/h9-10,15,17,20-31,40,42,52-53,55-61,85,94,96H,7-8,11-14,16,18-19,32-39,41,77-78H2,1-6H3,(H,86,95)(H,87,100)(H,88,98)(H,89,99)(H,90,102)(H,91,101)(H,106,107)(H4,79,80,83)(H2,81,82,84). The zero-order chi connectivity index (χ0) is 78.7. The number of aromatic nitrogens is 1. The largest absolute Gasteiger partial charge is 0.508 e. The number of aromatic hydroxyl groups is 1. The number of hydrogen-bond donors (Lipinski definition) is 16. The second-order valence-electron chi connectivity index (χ2n) is 26.9. The molecule has 1 saturated heterocycles. The lowest BCUT2D eigenvalue weighted by molar-refractivity contribution is -0.173. The summed E-state index contributed by atoms with van der Waals surface area (Å²) in [5.41, 5.74) is 23.1. The van der Waals surface area contributed by atoms with Crippen LogP contribution in [0.4, 0.5) is 0 Å². The van der Waals surface area contributed by atoms with E-state index < -0.39 is 144 Å². The van der Waals surface area contributed by atoms with Gasteiger partial charge in [-0.15, -0.1) is 0 Å². The minimum Gasteiger partial charge on any atom is -0.508 e. The highest BCUT2D eigenvalue weighted by Crippen LogP contribution is 2.31. The number of aliphatic hydroxyl groups is 1. The number of unbranched alkanes of at least 4 members (excludes halogenated alkanes) is 1. The van der Waals surface area contributed by atoms with Crippen molar-refractivity contribution in [3.63, 3.8) is 0 Å². The van der Waals surface area contributed by atoms with Crippen LogP contribution in [0.1, 0.15) is 115 Å². The number of H-pyrrole nitrogens is 1. The first-order valence-corrected chi connectivity index (χ1v) is 36.4. The van der Waals surface area contributed by atoms with E-state index in [0.29, 0.717) is 71.1 Å². The topological polar surface area (TPSA) is 496 Å². The van der Waals surface area contributed by atoms with Crippen LogP contribution in [0.15, 0.2) is 113 Å². The molecule has 107 heavy (non-hydrogen) atoms. The fraction of sp³-hybridized carbons (Fsp3) is 0.473. The zero-order valence-electron chi connectivity index (χ0n) is 61.0. The summed E-state index contributed by atoms with van der Waals surface area (Å²) in [6, 6.07) is 10.2. The molecule has 1 fully saturated rings. The second kappa shape index (κ2) is 41.6. The average Bonchev–Trinajstić information content (AvgIpc) is 1.49. The van der Waals surface area contributed by atoms with Crippen molar-refractivity contribution < 1.29 is 68.1 Å². The van der Waals surface area contributed by atoms with Gasteiger partial charge in [0.25, 0.3) is 11.8 Å². The second-order valence-corrected chi connectivity index (χ2v) is 27.7. The van der Waals surface area contributed by atoms with E-state index >= 15 is 24.0 Å². The van der Waals surface area contributed by atoms with Crippen molar-refractivity contribution in [3.8, 4) is 5.75 Å². The van der Waals surface area contributed by atoms with Gasteiger partial charge in [0.1, 0.15) is 42.0 Å². The number of hydrogen-bond acceptors (Lipinski definition) is 17. The van der Waals surface area contributed by atoms with Gasteiger partial charge in [-0.25, -0.2) is 4.79 Å². The van der Waals surface area contributed by atoms with Gasteiger partial charge in [0.2, 0.25) is 46.9 Å². The maximum Gasteiger partial charge on any atom is 0.337 e. The van der Waals surface area contributed by atoms with Crippen molar-refractivity contribution in [1.82, 2.24) is 57.3 Å². The van der Waals surface area contributed by atoms with Crippen molar-refractivity contribution in [2.45, 2.75) is 179 Å². The summed E-state index contributed by atoms with van der Waals surface area (Å²) in [5.74, 6) is -13.2. The van der Waals surface area contributed by atoms with Gasteiger partial charge in [0.15, 0.2) is 17.7 Å². The molecule has 0 radical (unpaired) electrons. The van der Waals surface area contributed by atoms with Gasteiger partial charge in [-0.1, -0.05) is 91.6 Å². The first kappa shape index (κ1) is 85.7. The van der Waals surface area contributed by atoms with Gasteiger partial charge in [0.05, 0.1) is 24.7 Å². The number of nitrogens with zero attached hydrogens (tertiary/aromatic N) is 4. The molecule has 10 unspecified atom stereocenters. The number of rotatable bonds is 40. The molecule has 6 rings (SSSR count). The molecule has 33 heteroatoms. The third-order valence-corrected chi connectivity index (χ3v) is 18.5. The van der Waals surface area contributed by atoms with Crippen molar-refractivity contribution >= 4 is 111 Å². The number of carboxylic acids is 1. The minimum absolute atomic E-state index is 0.00590. The number of benzene rings is 4. The third-order valence-electron chi connectivity index (χ3n) is 18.0. The Morgan fingerprint density at radius 3 is 1.76 bits per heavy atom. The molecule has 20 N–H and O–H groups in total. The summed E-state index contributed by atoms with van der Waals surface area (Å²) in [6.45, 7) is 9.52. The number of phenolic OH excluding ortho intramolecular Hbond substituents is 1. The summed E-state index contributed by atoms with van der Waals surface area (Å²) >= 11 is 12.3. The quantitative estimate of drug-likeness (QED) is 0.0115. The van der Waals surface area contributed by atoms with Crippen LogP contribution in [0.25, 0.3) is 10.9 Å². The lowest BCUT2D eigenvalue weighted by atomic mass is 9.85. The van der Waals surface area contributed by atoms with E-state index in [9.17, 15) is 44.1 Å². The Hall–Kier alpha value is -10.2. The molecule has 31 nitrogen and oxygen atoms in total. The molecule has 580 valence electrons. The van der Waals surface area contributed by atoms with Crippen LogP contribution in [0.3, 0.4) is 0 Å². The van der Waals surface area contributed by atoms with E-state index in [1.807, 2.05) is 13.8 Å². The zero-order valence-corrected chi connectivity index (χ0v) is 62.5. The molecular formula is C74H101Cl2N17O14. The Labute approximate surface area is 631 Å². The van der Waals surface area contributed by atoms with Gasteiger partial charge >= 0.3 is 5.97 Å². The minimum atomic E-state index is -3.39. The summed E-state index contributed by atoms with van der Waals surface area (Å²) in [6.07, 6.45) is 1.22. The molecule has 0 bridgehead atoms. The van der Waals surface area contributed by atoms with Gasteiger partial charge < -0.3 is 90.7 Å². The maximum atomic E-state index is 16.3. The number of nitrogens with one attached hydrogen (secondary N) is 9. The van der Waals surface area contributed by atoms with Crippen LogP contribution in [0.5, 0.6) is 5.75 Å². The third kappa shape index (κ3) is 25.2. The van der Waals surface area contributed by atoms with Gasteiger partial charge in [-0.05, 0) is 156 Å². The predicted molar refractivity (Wildman–Crippen MR) is 405 cm³/mol. The van der Waals surface area contributed by atoms with Crippen molar-refractivity contribution in [2.24, 2.45) is 38.8 Å². The SMILES string of the molecule is CCNC(=NCCCCC(N)C(=O)NC(CC(C)C)C(=O)NC(CCCN=C(N)N)C(=O)N1CCCC1C(=O)N(C(=O)C(Cc1ccc(O)cc1)NC(=O)C(CO)NC(=O)C(Cc1c[nH]c2ccccc12)NC(=O)C(N)Cc1ccc(Cl)cc1)C(C)(C(=O)O)C(=O)C(Cc1ccc(Cl)cc1)NC(C)=O)NCC. The van der Waals surface area contributed by atoms with Gasteiger partial charge in [-0.2, -0.15) is 0 Å². The van der Waals surface area contributed by atoms with E-state index in [1.54, 1.807) is 68.6 Å². The highest BCUT2D eigenvalue weighted by Gasteiger charge is 2.58. The Bertz CT molecular complexity index is 3940. The number of phenols is 1. The number of amides is 9. The van der Waals surface area contributed by atoms with E-state index in [4.69, 9.17) is 46.1 Å². The number of Topliss-reactive ketones (excluding diaryl/α,β-unsaturated/α-hetero) is 1. The number of aliphatic hydroxyl groups excluding tert-OH is 1. The highest BCUT2D eigenvalue weighted by molar-refractivity contribution is 6.31. The number of ketones is 1. The molecule has 10 atom stereocenters. The van der Waals surface area contributed by atoms with Crippen molar-refractivity contribution in [2.75, 3.05) is 39.3 Å². The fourth-order valence-corrected chi connectivity index (χ4v) is 12.7. The van der Waals surface area contributed by atoms with E-state index in [2.05, 4.69) is 57.5 Å². The van der Waals surface area contributed by atoms with Crippen molar-refractivity contribution in [3.05, 3.63) is 136 Å². The molecule has 4 aromatic carbocycles. The summed E-state index contributed by atoms with van der Waals surface area (Å²) in [4.78, 5) is 176. The Morgan fingerprint density at radius 1 is 0.636 bits per heavy atom. The number of carbonyl (C=O) groups excluding carboxylic acids is 10. The first-order chi connectivity index (χ1) is 50.9. The number of aliphatic carboxylic acids is 1. The molecule has 0 spiro atoms. The van der Waals surface area contributed by atoms with Crippen LogP contribution in [-0.2, 0) is 78.4 Å². The predicted octanol–water partition coefficient (Wildman–Crippen LogP) is 1.63. The van der Waals surface area contributed by atoms with Crippen LogP contribution in [0, 0.1) is 5.92 Å². The molecule has 1 aromatic heterocycles. The number of para-hydroxylation sites is 1. The summed E-state index contributed by atoms with van der Waals surface area (Å²) in [5, 5.41) is 56.4. The number of guanidine groups is 2. The van der Waals surface area contributed by atoms with Crippen molar-refractivity contribution in [1.29, 1.82) is 0 Å². The molecule has 9 amide bonds. The van der Waals surface area contributed by atoms with E-state index in [0.717, 1.165) is 18.7 Å². The molecule has 5 aromatic rings. The lowest BCUT2D eigenvalue weighted by Gasteiger charge is -2.41. The number of imide groups is 1. The molecule has 0 saturated carbocycles. The van der Waals surface area contributed by atoms with E-state index in [-0.39, 0.29) is 97.6 Å².